The Morgan fingerprint density at radius 2 is 2.18 bits per heavy atom. The molecular formula is C14H21N5OS2. The molecule has 1 atom stereocenters. The number of nitrogens with zero attached hydrogens (tertiary/aromatic N) is 3. The van der Waals surface area contributed by atoms with E-state index >= 15 is 0 Å². The van der Waals surface area contributed by atoms with Crippen LogP contribution in [0.25, 0.3) is 0 Å². The first-order valence-electron chi connectivity index (χ1n) is 7.31. The minimum absolute atomic E-state index is 0.0819. The van der Waals surface area contributed by atoms with Gasteiger partial charge < -0.3 is 11.1 Å². The van der Waals surface area contributed by atoms with E-state index in [0.717, 1.165) is 28.6 Å². The van der Waals surface area contributed by atoms with Crippen LogP contribution in [0.15, 0.2) is 5.38 Å². The van der Waals surface area contributed by atoms with E-state index in [-0.39, 0.29) is 18.4 Å². The van der Waals surface area contributed by atoms with Gasteiger partial charge in [-0.05, 0) is 12.3 Å². The molecule has 2 heterocycles. The van der Waals surface area contributed by atoms with E-state index in [4.69, 9.17) is 5.73 Å². The number of hydrogen-bond donors (Lipinski definition) is 2. The molecule has 22 heavy (non-hydrogen) atoms. The number of amides is 1. The quantitative estimate of drug-likeness (QED) is 0.809. The zero-order valence-corrected chi connectivity index (χ0v) is 14.6. The molecule has 1 unspecified atom stereocenters. The van der Waals surface area contributed by atoms with Gasteiger partial charge in [0.1, 0.15) is 10.0 Å². The highest BCUT2D eigenvalue weighted by Gasteiger charge is 2.16. The minimum Gasteiger partial charge on any atom is -0.322 e. The molecule has 0 saturated carbocycles. The fourth-order valence-corrected chi connectivity index (χ4v) is 3.64. The van der Waals surface area contributed by atoms with Crippen molar-refractivity contribution in [2.24, 2.45) is 11.7 Å². The predicted octanol–water partition coefficient (Wildman–Crippen LogP) is 2.78. The molecule has 0 aliphatic rings. The van der Waals surface area contributed by atoms with Crippen molar-refractivity contribution in [1.29, 1.82) is 0 Å². The van der Waals surface area contributed by atoms with E-state index in [1.165, 1.54) is 22.7 Å². The summed E-state index contributed by atoms with van der Waals surface area (Å²) in [4.78, 5) is 16.5. The van der Waals surface area contributed by atoms with Crippen LogP contribution in [0.1, 0.15) is 48.9 Å². The molecule has 6 nitrogen and oxygen atoms in total. The lowest BCUT2D eigenvalue weighted by molar-refractivity contribution is -0.115. The standard InChI is InChI=1S/C14H21N5OS2/c1-4-5-11-18-19-14(22-11)17-10(20)6-9-7-21-13(16-9)12(15)8(2)3/h7-8,12H,4-6,15H2,1-3H3,(H,17,19,20). The van der Waals surface area contributed by atoms with E-state index in [1.54, 1.807) is 0 Å². The molecule has 8 heteroatoms. The summed E-state index contributed by atoms with van der Waals surface area (Å²) in [5.74, 6) is 0.195. The van der Waals surface area contributed by atoms with Crippen molar-refractivity contribution >= 4 is 33.7 Å². The molecule has 3 N–H and O–H groups in total. The average Bonchev–Trinajstić information content (AvgIpc) is 3.08. The molecule has 0 spiro atoms. The number of anilines is 1. The Morgan fingerprint density at radius 3 is 2.86 bits per heavy atom. The fraction of sp³-hybridized carbons (Fsp3) is 0.571. The summed E-state index contributed by atoms with van der Waals surface area (Å²) < 4.78 is 0. The minimum atomic E-state index is -0.130. The summed E-state index contributed by atoms with van der Waals surface area (Å²) in [5, 5.41) is 15.0. The zero-order chi connectivity index (χ0) is 16.1. The summed E-state index contributed by atoms with van der Waals surface area (Å²) in [6.45, 7) is 6.20. The lowest BCUT2D eigenvalue weighted by atomic mass is 10.1. The first kappa shape index (κ1) is 17.0. The molecule has 2 aromatic rings. The predicted molar refractivity (Wildman–Crippen MR) is 90.1 cm³/mol. The molecule has 0 saturated heterocycles. The van der Waals surface area contributed by atoms with Crippen molar-refractivity contribution in [3.8, 4) is 0 Å². The molecule has 0 bridgehead atoms. The number of aryl methyl sites for hydroxylation is 1. The summed E-state index contributed by atoms with van der Waals surface area (Å²) in [6.07, 6.45) is 2.13. The van der Waals surface area contributed by atoms with Gasteiger partial charge in [-0.2, -0.15) is 0 Å². The monoisotopic (exact) mass is 339 g/mol. The average molecular weight is 339 g/mol. The van der Waals surface area contributed by atoms with E-state index in [0.29, 0.717) is 11.0 Å². The van der Waals surface area contributed by atoms with Gasteiger partial charge in [0.15, 0.2) is 0 Å². The normalized spacial score (nSPS) is 12.6. The molecule has 0 fully saturated rings. The van der Waals surface area contributed by atoms with E-state index in [2.05, 4.69) is 41.3 Å². The smallest absolute Gasteiger partial charge is 0.232 e. The molecule has 0 aliphatic carbocycles. The maximum Gasteiger partial charge on any atom is 0.232 e. The summed E-state index contributed by atoms with van der Waals surface area (Å²) in [7, 11) is 0. The Morgan fingerprint density at radius 1 is 1.41 bits per heavy atom. The van der Waals surface area contributed by atoms with Gasteiger partial charge >= 0.3 is 0 Å². The highest BCUT2D eigenvalue weighted by molar-refractivity contribution is 7.15. The second kappa shape index (κ2) is 7.75. The number of aromatic nitrogens is 3. The Kier molecular flexibility index (Phi) is 5.98. The number of nitrogens with one attached hydrogen (secondary N) is 1. The molecule has 1 amide bonds. The van der Waals surface area contributed by atoms with Crippen LogP contribution in [0.3, 0.4) is 0 Å². The molecule has 0 aliphatic heterocycles. The van der Waals surface area contributed by atoms with Crippen molar-refractivity contribution in [3.63, 3.8) is 0 Å². The van der Waals surface area contributed by atoms with Crippen LogP contribution in [-0.4, -0.2) is 21.1 Å². The van der Waals surface area contributed by atoms with E-state index in [1.807, 2.05) is 5.38 Å². The Labute approximate surface area is 138 Å². The van der Waals surface area contributed by atoms with Gasteiger partial charge in [0.2, 0.25) is 11.0 Å². The molecule has 0 aromatic carbocycles. The van der Waals surface area contributed by atoms with Gasteiger partial charge in [-0.15, -0.1) is 21.5 Å². The molecule has 2 rings (SSSR count). The van der Waals surface area contributed by atoms with Crippen LogP contribution in [0, 0.1) is 5.92 Å². The number of thiazole rings is 1. The third-order valence-electron chi connectivity index (χ3n) is 3.09. The van der Waals surface area contributed by atoms with Gasteiger partial charge in [-0.25, -0.2) is 4.98 Å². The molecule has 0 radical (unpaired) electrons. The van der Waals surface area contributed by atoms with Gasteiger partial charge in [0, 0.05) is 11.8 Å². The Balaban J connectivity index is 1.91. The highest BCUT2D eigenvalue weighted by Crippen LogP contribution is 2.23. The number of rotatable bonds is 7. The maximum absolute atomic E-state index is 12.0. The lowest BCUT2D eigenvalue weighted by Crippen LogP contribution is -2.17. The maximum atomic E-state index is 12.0. The summed E-state index contributed by atoms with van der Waals surface area (Å²) in [5.41, 5.74) is 6.81. The number of carbonyl (C=O) groups excluding carboxylic acids is 1. The third-order valence-corrected chi connectivity index (χ3v) is 4.98. The molecule has 120 valence electrons. The second-order valence-electron chi connectivity index (χ2n) is 5.42. The van der Waals surface area contributed by atoms with Crippen molar-refractivity contribution in [2.45, 2.75) is 46.1 Å². The van der Waals surface area contributed by atoms with Crippen LogP contribution in [-0.2, 0) is 17.6 Å². The lowest BCUT2D eigenvalue weighted by Gasteiger charge is -2.11. The van der Waals surface area contributed by atoms with E-state index < -0.39 is 0 Å². The number of carbonyl (C=O) groups is 1. The van der Waals surface area contributed by atoms with Crippen LogP contribution in [0.5, 0.6) is 0 Å². The summed E-state index contributed by atoms with van der Waals surface area (Å²) >= 11 is 2.92. The second-order valence-corrected chi connectivity index (χ2v) is 7.37. The van der Waals surface area contributed by atoms with Crippen molar-refractivity contribution in [2.75, 3.05) is 5.32 Å². The third kappa shape index (κ3) is 4.56. The SMILES string of the molecule is CCCc1nnc(NC(=O)Cc2csc(C(N)C(C)C)n2)s1. The van der Waals surface area contributed by atoms with Gasteiger partial charge in [-0.1, -0.05) is 32.1 Å². The largest absolute Gasteiger partial charge is 0.322 e. The topological polar surface area (TPSA) is 93.8 Å². The van der Waals surface area contributed by atoms with Crippen molar-refractivity contribution < 1.29 is 4.79 Å². The fourth-order valence-electron chi connectivity index (χ4n) is 1.79. The zero-order valence-electron chi connectivity index (χ0n) is 13.0. The van der Waals surface area contributed by atoms with Crippen LogP contribution < -0.4 is 11.1 Å². The highest BCUT2D eigenvalue weighted by atomic mass is 32.1. The first-order chi connectivity index (χ1) is 10.5. The van der Waals surface area contributed by atoms with Gasteiger partial charge in [-0.3, -0.25) is 4.79 Å². The van der Waals surface area contributed by atoms with Crippen molar-refractivity contribution in [3.05, 3.63) is 21.1 Å². The summed E-state index contributed by atoms with van der Waals surface area (Å²) in [6, 6.07) is -0.0819. The first-order valence-corrected chi connectivity index (χ1v) is 9.01. The number of nitrogens with two attached hydrogens (primary N) is 1. The van der Waals surface area contributed by atoms with Crippen LogP contribution in [0.4, 0.5) is 5.13 Å². The molecular weight excluding hydrogens is 318 g/mol. The van der Waals surface area contributed by atoms with Crippen LogP contribution in [0.2, 0.25) is 0 Å². The Hall–Kier alpha value is -1.38. The van der Waals surface area contributed by atoms with Crippen molar-refractivity contribution in [1.82, 2.24) is 15.2 Å². The van der Waals surface area contributed by atoms with Gasteiger partial charge in [0.25, 0.3) is 0 Å². The van der Waals surface area contributed by atoms with Gasteiger partial charge in [0.05, 0.1) is 18.2 Å². The Bertz CT molecular complexity index is 622. The molecule has 2 aromatic heterocycles. The number of hydrogen-bond acceptors (Lipinski definition) is 7. The van der Waals surface area contributed by atoms with E-state index in [9.17, 15) is 4.79 Å². The van der Waals surface area contributed by atoms with Crippen LogP contribution >= 0.6 is 22.7 Å².